The summed E-state index contributed by atoms with van der Waals surface area (Å²) in [5, 5.41) is 8.54. The van der Waals surface area contributed by atoms with Crippen LogP contribution in [0.2, 0.25) is 0 Å². The number of carbonyl (C=O) groups excluding carboxylic acids is 1. The van der Waals surface area contributed by atoms with E-state index in [1.54, 1.807) is 13.1 Å². The van der Waals surface area contributed by atoms with Crippen molar-refractivity contribution in [2.75, 3.05) is 0 Å². The molecule has 0 fully saturated rings. The number of halogens is 1. The maximum absolute atomic E-state index is 13.7. The Morgan fingerprint density at radius 3 is 2.95 bits per heavy atom. The van der Waals surface area contributed by atoms with Crippen molar-refractivity contribution in [3.63, 3.8) is 0 Å². The van der Waals surface area contributed by atoms with Gasteiger partial charge >= 0.3 is 0 Å². The van der Waals surface area contributed by atoms with Gasteiger partial charge in [0.15, 0.2) is 0 Å². The number of aromatic amines is 1. The maximum Gasteiger partial charge on any atom is 0.273 e. The first-order chi connectivity index (χ1) is 10.6. The first-order valence-corrected chi connectivity index (χ1v) is 6.66. The van der Waals surface area contributed by atoms with Gasteiger partial charge in [-0.3, -0.25) is 4.79 Å². The van der Waals surface area contributed by atoms with Gasteiger partial charge < -0.3 is 4.98 Å². The second kappa shape index (κ2) is 5.44. The summed E-state index contributed by atoms with van der Waals surface area (Å²) in [4.78, 5) is 15.1. The van der Waals surface area contributed by atoms with Crippen LogP contribution in [0, 0.1) is 12.9 Å². The third-order valence-electron chi connectivity index (χ3n) is 3.39. The molecule has 3 aromatic rings. The van der Waals surface area contributed by atoms with E-state index < -0.39 is 5.95 Å². The molecular weight excluding hydrogens is 285 g/mol. The van der Waals surface area contributed by atoms with Crippen LogP contribution in [0.25, 0.3) is 10.9 Å². The lowest BCUT2D eigenvalue weighted by Crippen LogP contribution is -2.17. The SMILES string of the molecule is Cc1nn(C)c(F)c1C=NNC(=O)c1c[nH]c2ccccc12. The second-order valence-electron chi connectivity index (χ2n) is 4.86. The normalized spacial score (nSPS) is 11.4. The molecule has 112 valence electrons. The number of hydrogen-bond acceptors (Lipinski definition) is 3. The number of hydrogen-bond donors (Lipinski definition) is 2. The number of nitrogens with zero attached hydrogens (tertiary/aromatic N) is 3. The minimum atomic E-state index is -0.498. The molecule has 0 spiro atoms. The number of benzene rings is 1. The standard InChI is InChI=1S/C15H14FN5O/c1-9-11(14(16)21(2)20-9)8-18-19-15(22)12-7-17-13-6-4-3-5-10(12)13/h3-8,17H,1-2H3,(H,19,22). The number of aromatic nitrogens is 3. The third-order valence-corrected chi connectivity index (χ3v) is 3.39. The Balaban J connectivity index is 1.79. The minimum Gasteiger partial charge on any atom is -0.360 e. The molecule has 0 aliphatic carbocycles. The predicted octanol–water partition coefficient (Wildman–Crippen LogP) is 2.11. The molecule has 0 atom stereocenters. The number of carbonyl (C=O) groups is 1. The summed E-state index contributed by atoms with van der Waals surface area (Å²) in [6.45, 7) is 1.67. The quantitative estimate of drug-likeness (QED) is 0.574. The summed E-state index contributed by atoms with van der Waals surface area (Å²) in [6, 6.07) is 7.45. The Morgan fingerprint density at radius 2 is 2.23 bits per heavy atom. The number of amides is 1. The lowest BCUT2D eigenvalue weighted by atomic mass is 10.2. The summed E-state index contributed by atoms with van der Waals surface area (Å²) >= 11 is 0. The van der Waals surface area contributed by atoms with Crippen molar-refractivity contribution in [3.8, 4) is 0 Å². The lowest BCUT2D eigenvalue weighted by Gasteiger charge is -1.97. The topological polar surface area (TPSA) is 75.1 Å². The average Bonchev–Trinajstić information content (AvgIpc) is 3.03. The highest BCUT2D eigenvalue weighted by Crippen LogP contribution is 2.17. The van der Waals surface area contributed by atoms with Crippen molar-refractivity contribution >= 4 is 23.0 Å². The summed E-state index contributed by atoms with van der Waals surface area (Å²) in [5.74, 6) is -0.863. The van der Waals surface area contributed by atoms with Gasteiger partial charge in [0.05, 0.1) is 23.0 Å². The van der Waals surface area contributed by atoms with Crippen molar-refractivity contribution in [1.29, 1.82) is 0 Å². The molecule has 22 heavy (non-hydrogen) atoms. The highest BCUT2D eigenvalue weighted by molar-refractivity contribution is 6.06. The van der Waals surface area contributed by atoms with E-state index in [9.17, 15) is 9.18 Å². The van der Waals surface area contributed by atoms with Gasteiger partial charge in [-0.15, -0.1) is 0 Å². The van der Waals surface area contributed by atoms with E-state index in [2.05, 4.69) is 20.6 Å². The molecular formula is C15H14FN5O. The average molecular weight is 299 g/mol. The highest BCUT2D eigenvalue weighted by atomic mass is 19.1. The van der Waals surface area contributed by atoms with Crippen LogP contribution in [-0.2, 0) is 7.05 Å². The summed E-state index contributed by atoms with van der Waals surface area (Å²) in [5.41, 5.74) is 4.50. The van der Waals surface area contributed by atoms with E-state index in [4.69, 9.17) is 0 Å². The first-order valence-electron chi connectivity index (χ1n) is 6.66. The van der Waals surface area contributed by atoms with Gasteiger partial charge in [-0.1, -0.05) is 18.2 Å². The van der Waals surface area contributed by atoms with Crippen LogP contribution in [-0.4, -0.2) is 26.9 Å². The zero-order valence-electron chi connectivity index (χ0n) is 12.1. The molecule has 6 nitrogen and oxygen atoms in total. The zero-order chi connectivity index (χ0) is 15.7. The van der Waals surface area contributed by atoms with Gasteiger partial charge in [-0.05, 0) is 13.0 Å². The van der Waals surface area contributed by atoms with Gasteiger partial charge in [-0.2, -0.15) is 14.6 Å². The fourth-order valence-electron chi connectivity index (χ4n) is 2.27. The molecule has 0 radical (unpaired) electrons. The van der Waals surface area contributed by atoms with Crippen LogP contribution in [0.15, 0.2) is 35.6 Å². The van der Waals surface area contributed by atoms with Crippen molar-refractivity contribution in [3.05, 3.63) is 53.2 Å². The molecule has 0 aliphatic heterocycles. The van der Waals surface area contributed by atoms with Crippen LogP contribution in [0.1, 0.15) is 21.6 Å². The van der Waals surface area contributed by atoms with Gasteiger partial charge in [-0.25, -0.2) is 10.1 Å². The van der Waals surface area contributed by atoms with Crippen LogP contribution in [0.4, 0.5) is 4.39 Å². The third kappa shape index (κ3) is 2.37. The van der Waals surface area contributed by atoms with Crippen LogP contribution in [0.5, 0.6) is 0 Å². The number of hydrazone groups is 1. The fourth-order valence-corrected chi connectivity index (χ4v) is 2.27. The number of rotatable bonds is 3. The van der Waals surface area contributed by atoms with Gasteiger partial charge in [0.2, 0.25) is 5.95 Å². The van der Waals surface area contributed by atoms with Crippen LogP contribution in [0.3, 0.4) is 0 Å². The largest absolute Gasteiger partial charge is 0.360 e. The Bertz CT molecular complexity index is 877. The van der Waals surface area contributed by atoms with Gasteiger partial charge in [0.1, 0.15) is 0 Å². The van der Waals surface area contributed by atoms with Crippen LogP contribution >= 0.6 is 0 Å². The molecule has 0 bridgehead atoms. The van der Waals surface area contributed by atoms with Crippen molar-refractivity contribution in [2.24, 2.45) is 12.1 Å². The number of aryl methyl sites for hydroxylation is 2. The highest BCUT2D eigenvalue weighted by Gasteiger charge is 2.12. The molecule has 0 saturated carbocycles. The zero-order valence-corrected chi connectivity index (χ0v) is 12.1. The molecule has 0 aliphatic rings. The monoisotopic (exact) mass is 299 g/mol. The van der Waals surface area contributed by atoms with Gasteiger partial charge in [0, 0.05) is 24.1 Å². The molecule has 2 aromatic heterocycles. The van der Waals surface area contributed by atoms with E-state index in [0.29, 0.717) is 11.3 Å². The second-order valence-corrected chi connectivity index (χ2v) is 4.86. The van der Waals surface area contributed by atoms with Crippen molar-refractivity contribution in [2.45, 2.75) is 6.92 Å². The summed E-state index contributed by atoms with van der Waals surface area (Å²) in [6.07, 6.45) is 2.87. The molecule has 1 aromatic carbocycles. The minimum absolute atomic E-state index is 0.252. The van der Waals surface area contributed by atoms with E-state index in [-0.39, 0.29) is 11.5 Å². The molecule has 1 amide bonds. The first kappa shape index (κ1) is 14.0. The number of nitrogens with one attached hydrogen (secondary N) is 2. The van der Waals surface area contributed by atoms with Crippen LogP contribution < -0.4 is 5.43 Å². The summed E-state index contributed by atoms with van der Waals surface area (Å²) < 4.78 is 14.8. The molecule has 2 N–H and O–H groups in total. The predicted molar refractivity (Wildman–Crippen MR) is 81.3 cm³/mol. The van der Waals surface area contributed by atoms with Crippen molar-refractivity contribution in [1.82, 2.24) is 20.2 Å². The van der Waals surface area contributed by atoms with E-state index in [0.717, 1.165) is 15.6 Å². The number of H-pyrrole nitrogens is 1. The number of para-hydroxylation sites is 1. The molecule has 7 heteroatoms. The van der Waals surface area contributed by atoms with E-state index in [1.807, 2.05) is 24.3 Å². The van der Waals surface area contributed by atoms with E-state index in [1.165, 1.54) is 13.3 Å². The Morgan fingerprint density at radius 1 is 1.45 bits per heavy atom. The van der Waals surface area contributed by atoms with Crippen molar-refractivity contribution < 1.29 is 9.18 Å². The Kier molecular flexibility index (Phi) is 3.46. The maximum atomic E-state index is 13.7. The number of fused-ring (bicyclic) bond motifs is 1. The Labute approximate surface area is 125 Å². The summed E-state index contributed by atoms with van der Waals surface area (Å²) in [7, 11) is 1.50. The fraction of sp³-hybridized carbons (Fsp3) is 0.133. The molecule has 2 heterocycles. The molecule has 0 unspecified atom stereocenters. The lowest BCUT2D eigenvalue weighted by molar-refractivity contribution is 0.0957. The Hall–Kier alpha value is -2.96. The molecule has 3 rings (SSSR count). The van der Waals surface area contributed by atoms with E-state index >= 15 is 0 Å². The molecule has 0 saturated heterocycles. The smallest absolute Gasteiger partial charge is 0.273 e. The van der Waals surface area contributed by atoms with Gasteiger partial charge in [0.25, 0.3) is 5.91 Å².